The molecule has 120 valence electrons. The Labute approximate surface area is 131 Å². The second-order valence-electron chi connectivity index (χ2n) is 7.93. The van der Waals surface area contributed by atoms with Gasteiger partial charge in [0, 0.05) is 0 Å². The summed E-state index contributed by atoms with van der Waals surface area (Å²) in [5.41, 5.74) is -1.83. The Balaban J connectivity index is 5.15. The molecule has 0 heterocycles. The fourth-order valence-corrected chi connectivity index (χ4v) is 2.09. The molecule has 0 amide bonds. The fourth-order valence-electron chi connectivity index (χ4n) is 1.08. The molecule has 0 rings (SSSR count). The van der Waals surface area contributed by atoms with Crippen molar-refractivity contribution in [2.24, 2.45) is 5.41 Å². The molecule has 0 N–H and O–H groups in total. The first-order valence-electron chi connectivity index (χ1n) is 7.19. The predicted octanol–water partition coefficient (Wildman–Crippen LogP) is 4.16. The van der Waals surface area contributed by atoms with E-state index in [0.717, 1.165) is 0 Å². The van der Waals surface area contributed by atoms with Gasteiger partial charge in [-0.3, -0.25) is 4.79 Å². The largest absolute Gasteiger partial charge is 0.439 e. The highest BCUT2D eigenvalue weighted by Gasteiger charge is 2.41. The molecule has 0 spiro atoms. The third-order valence-electron chi connectivity index (χ3n) is 3.91. The smallest absolute Gasteiger partial charge is 0.313 e. The van der Waals surface area contributed by atoms with Gasteiger partial charge in [-0.15, -0.1) is 6.42 Å². The summed E-state index contributed by atoms with van der Waals surface area (Å²) in [5, 5.41) is 0.0581. The van der Waals surface area contributed by atoms with Gasteiger partial charge >= 0.3 is 5.97 Å². The fraction of sp³-hybridized carbons (Fsp3) is 0.706. The van der Waals surface area contributed by atoms with Crippen molar-refractivity contribution >= 4 is 14.3 Å². The Hall–Kier alpha value is -1.05. The Morgan fingerprint density at radius 1 is 1.24 bits per heavy atom. The molecule has 0 radical (unpaired) electrons. The number of rotatable bonds is 5. The maximum atomic E-state index is 12.1. The van der Waals surface area contributed by atoms with Crippen LogP contribution in [0.15, 0.2) is 12.7 Å². The minimum absolute atomic E-state index is 0.0581. The Morgan fingerprint density at radius 3 is 2.00 bits per heavy atom. The van der Waals surface area contributed by atoms with Gasteiger partial charge in [0.2, 0.25) is 5.60 Å². The molecule has 0 aliphatic rings. The van der Waals surface area contributed by atoms with Gasteiger partial charge in [0.1, 0.15) is 0 Å². The number of hydrogen-bond donors (Lipinski definition) is 0. The number of esters is 1. The molecule has 3 nitrogen and oxygen atoms in total. The molecular weight excluding hydrogens is 280 g/mol. The van der Waals surface area contributed by atoms with E-state index in [2.05, 4.69) is 46.4 Å². The van der Waals surface area contributed by atoms with Crippen LogP contribution in [0.5, 0.6) is 0 Å². The molecule has 0 aliphatic heterocycles. The van der Waals surface area contributed by atoms with E-state index in [1.165, 1.54) is 6.08 Å². The molecular formula is C17H30O3Si. The number of ether oxygens (including phenoxy) is 1. The highest BCUT2D eigenvalue weighted by atomic mass is 28.4. The highest BCUT2D eigenvalue weighted by Crippen LogP contribution is 2.37. The highest BCUT2D eigenvalue weighted by molar-refractivity contribution is 6.74. The quantitative estimate of drug-likeness (QED) is 0.331. The lowest BCUT2D eigenvalue weighted by Gasteiger charge is -2.39. The maximum Gasteiger partial charge on any atom is 0.313 e. The monoisotopic (exact) mass is 310 g/mol. The molecule has 1 unspecified atom stereocenters. The summed E-state index contributed by atoms with van der Waals surface area (Å²) in [6, 6.07) is 0. The van der Waals surface area contributed by atoms with Crippen LogP contribution < -0.4 is 0 Å². The normalized spacial score (nSPS) is 15.8. The van der Waals surface area contributed by atoms with E-state index >= 15 is 0 Å². The molecule has 0 fully saturated rings. The van der Waals surface area contributed by atoms with Gasteiger partial charge in [0.15, 0.2) is 8.32 Å². The van der Waals surface area contributed by atoms with Gasteiger partial charge in [0.05, 0.1) is 12.0 Å². The molecule has 0 saturated heterocycles. The van der Waals surface area contributed by atoms with Crippen LogP contribution >= 0.6 is 0 Å². The van der Waals surface area contributed by atoms with Crippen LogP contribution in [-0.2, 0) is 14.0 Å². The van der Waals surface area contributed by atoms with Crippen molar-refractivity contribution in [3.05, 3.63) is 12.7 Å². The lowest BCUT2D eigenvalue weighted by atomic mass is 9.96. The molecule has 4 heteroatoms. The molecule has 0 saturated carbocycles. The van der Waals surface area contributed by atoms with Crippen LogP contribution in [0.4, 0.5) is 0 Å². The van der Waals surface area contributed by atoms with Crippen molar-refractivity contribution in [3.8, 4) is 12.3 Å². The maximum absolute atomic E-state index is 12.1. The lowest BCUT2D eigenvalue weighted by Crippen LogP contribution is -2.47. The molecule has 0 bridgehead atoms. The first-order valence-corrected chi connectivity index (χ1v) is 10.1. The standard InChI is InChI=1S/C17H30O3Si/c1-11-17(12-2,20-14(18)15(3,4)5)13-19-21(9,10)16(6,7)8/h1,12H,2,13H2,3-10H3. The van der Waals surface area contributed by atoms with Crippen molar-refractivity contribution in [2.45, 2.75) is 65.3 Å². The topological polar surface area (TPSA) is 35.5 Å². The summed E-state index contributed by atoms with van der Waals surface area (Å²) < 4.78 is 11.6. The SMILES string of the molecule is C#CC(C=C)(CO[Si](C)(C)C(C)(C)C)OC(=O)C(C)(C)C. The van der Waals surface area contributed by atoms with Crippen LogP contribution in [0.1, 0.15) is 41.5 Å². The van der Waals surface area contributed by atoms with Crippen LogP contribution in [0, 0.1) is 17.8 Å². The minimum Gasteiger partial charge on any atom is -0.439 e. The molecule has 21 heavy (non-hydrogen) atoms. The van der Waals surface area contributed by atoms with E-state index in [-0.39, 0.29) is 17.6 Å². The van der Waals surface area contributed by atoms with Crippen molar-refractivity contribution < 1.29 is 14.0 Å². The number of carbonyl (C=O) groups excluding carboxylic acids is 1. The minimum atomic E-state index is -1.98. The first-order chi connectivity index (χ1) is 9.21. The average Bonchev–Trinajstić information content (AvgIpc) is 2.31. The average molecular weight is 311 g/mol. The Kier molecular flexibility index (Phi) is 6.05. The zero-order valence-electron chi connectivity index (χ0n) is 14.8. The summed E-state index contributed by atoms with van der Waals surface area (Å²) >= 11 is 0. The summed E-state index contributed by atoms with van der Waals surface area (Å²) in [6.45, 7) is 19.9. The van der Waals surface area contributed by atoms with Crippen LogP contribution in [0.3, 0.4) is 0 Å². The van der Waals surface area contributed by atoms with E-state index in [1.807, 2.05) is 0 Å². The molecule has 1 atom stereocenters. The summed E-state index contributed by atoms with van der Waals surface area (Å²) in [7, 11) is -1.98. The second-order valence-corrected chi connectivity index (χ2v) is 12.7. The van der Waals surface area contributed by atoms with Gasteiger partial charge in [-0.25, -0.2) is 0 Å². The van der Waals surface area contributed by atoms with Gasteiger partial charge in [0.25, 0.3) is 0 Å². The van der Waals surface area contributed by atoms with Crippen molar-refractivity contribution in [2.75, 3.05) is 6.61 Å². The molecule has 0 aromatic rings. The van der Waals surface area contributed by atoms with E-state index in [9.17, 15) is 4.79 Å². The van der Waals surface area contributed by atoms with E-state index < -0.39 is 19.3 Å². The second kappa shape index (κ2) is 6.37. The zero-order chi connectivity index (χ0) is 17.1. The van der Waals surface area contributed by atoms with Gasteiger partial charge in [-0.2, -0.15) is 0 Å². The van der Waals surface area contributed by atoms with E-state index in [4.69, 9.17) is 15.6 Å². The third-order valence-corrected chi connectivity index (χ3v) is 8.39. The van der Waals surface area contributed by atoms with Crippen molar-refractivity contribution in [1.82, 2.24) is 0 Å². The molecule has 0 aromatic heterocycles. The Morgan fingerprint density at radius 2 is 1.71 bits per heavy atom. The summed E-state index contributed by atoms with van der Waals surface area (Å²) in [4.78, 5) is 12.1. The summed E-state index contributed by atoms with van der Waals surface area (Å²) in [5.74, 6) is 2.17. The first kappa shape index (κ1) is 19.9. The summed E-state index contributed by atoms with van der Waals surface area (Å²) in [6.07, 6.45) is 7.06. The Bertz CT molecular complexity index is 432. The van der Waals surface area contributed by atoms with Crippen molar-refractivity contribution in [1.29, 1.82) is 0 Å². The third kappa shape index (κ3) is 5.33. The van der Waals surface area contributed by atoms with Gasteiger partial charge in [-0.05, 0) is 45.0 Å². The van der Waals surface area contributed by atoms with Crippen LogP contribution in [0.2, 0.25) is 18.1 Å². The number of hydrogen-bond acceptors (Lipinski definition) is 3. The molecule has 0 aliphatic carbocycles. The number of carbonyl (C=O) groups is 1. The van der Waals surface area contributed by atoms with Crippen molar-refractivity contribution in [3.63, 3.8) is 0 Å². The van der Waals surface area contributed by atoms with Gasteiger partial charge in [-0.1, -0.05) is 33.3 Å². The molecule has 0 aromatic carbocycles. The van der Waals surface area contributed by atoms with E-state index in [1.54, 1.807) is 20.8 Å². The van der Waals surface area contributed by atoms with E-state index in [0.29, 0.717) is 0 Å². The van der Waals surface area contributed by atoms with Crippen LogP contribution in [0.25, 0.3) is 0 Å². The van der Waals surface area contributed by atoms with Crippen LogP contribution in [-0.4, -0.2) is 26.5 Å². The van der Waals surface area contributed by atoms with Gasteiger partial charge < -0.3 is 9.16 Å². The number of terminal acetylenes is 1. The zero-order valence-corrected chi connectivity index (χ0v) is 15.8. The lowest BCUT2D eigenvalue weighted by molar-refractivity contribution is -0.162. The predicted molar refractivity (Wildman–Crippen MR) is 90.5 cm³/mol.